The number of para-hydroxylation sites is 2. The van der Waals surface area contributed by atoms with E-state index in [1.54, 1.807) is 18.2 Å². The maximum absolute atomic E-state index is 11.4. The zero-order valence-electron chi connectivity index (χ0n) is 14.0. The first-order valence-corrected chi connectivity index (χ1v) is 8.41. The lowest BCUT2D eigenvalue weighted by molar-refractivity contribution is -0.143. The Balaban J connectivity index is 2.32. The number of ether oxygens (including phenoxy) is 2. The Morgan fingerprint density at radius 1 is 1.22 bits per heavy atom. The van der Waals surface area contributed by atoms with Gasteiger partial charge in [0, 0.05) is 6.08 Å². The number of aromatic hydroxyl groups is 1. The van der Waals surface area contributed by atoms with Crippen molar-refractivity contribution in [3.8, 4) is 11.5 Å². The van der Waals surface area contributed by atoms with Crippen molar-refractivity contribution in [3.05, 3.63) is 36.9 Å². The Bertz CT molecular complexity index is 470. The maximum atomic E-state index is 11.4. The predicted molar refractivity (Wildman–Crippen MR) is 91.7 cm³/mol. The zero-order chi connectivity index (χ0) is 16.9. The van der Waals surface area contributed by atoms with Crippen LogP contribution >= 0.6 is 0 Å². The summed E-state index contributed by atoms with van der Waals surface area (Å²) in [6.45, 7) is 6.10. The van der Waals surface area contributed by atoms with Gasteiger partial charge in [-0.2, -0.15) is 0 Å². The molecule has 0 saturated heterocycles. The highest BCUT2D eigenvalue weighted by atomic mass is 16.5. The summed E-state index contributed by atoms with van der Waals surface area (Å²) < 4.78 is 10.9. The van der Waals surface area contributed by atoms with Crippen LogP contribution in [0.5, 0.6) is 11.5 Å². The SMILES string of the molecule is C=CC(=O)OC(CCCCCC)CCCOc1ccccc1O. The molecule has 128 valence electrons. The third-order valence-corrected chi connectivity index (χ3v) is 3.62. The molecule has 4 nitrogen and oxygen atoms in total. The highest BCUT2D eigenvalue weighted by Crippen LogP contribution is 2.24. The van der Waals surface area contributed by atoms with Gasteiger partial charge in [-0.15, -0.1) is 0 Å². The van der Waals surface area contributed by atoms with Crippen molar-refractivity contribution in [1.82, 2.24) is 0 Å². The molecule has 23 heavy (non-hydrogen) atoms. The maximum Gasteiger partial charge on any atom is 0.330 e. The number of carbonyl (C=O) groups is 1. The van der Waals surface area contributed by atoms with Crippen LogP contribution in [0.1, 0.15) is 51.9 Å². The molecule has 0 spiro atoms. The van der Waals surface area contributed by atoms with Crippen LogP contribution in [0.2, 0.25) is 0 Å². The van der Waals surface area contributed by atoms with Crippen LogP contribution in [-0.2, 0) is 9.53 Å². The van der Waals surface area contributed by atoms with E-state index in [1.807, 2.05) is 6.07 Å². The Morgan fingerprint density at radius 2 is 1.96 bits per heavy atom. The van der Waals surface area contributed by atoms with E-state index in [0.29, 0.717) is 12.4 Å². The Morgan fingerprint density at radius 3 is 2.65 bits per heavy atom. The molecule has 0 saturated carbocycles. The summed E-state index contributed by atoms with van der Waals surface area (Å²) >= 11 is 0. The van der Waals surface area contributed by atoms with E-state index in [1.165, 1.54) is 18.9 Å². The molecule has 0 heterocycles. The first kappa shape index (κ1) is 19.1. The first-order valence-electron chi connectivity index (χ1n) is 8.41. The average molecular weight is 320 g/mol. The second kappa shape index (κ2) is 11.6. The molecule has 1 aromatic carbocycles. The molecular weight excluding hydrogens is 292 g/mol. The Kier molecular flexibility index (Phi) is 9.60. The number of hydrogen-bond acceptors (Lipinski definition) is 4. The van der Waals surface area contributed by atoms with Crippen LogP contribution in [-0.4, -0.2) is 23.8 Å². The minimum absolute atomic E-state index is 0.0923. The van der Waals surface area contributed by atoms with Gasteiger partial charge in [-0.25, -0.2) is 4.79 Å². The van der Waals surface area contributed by atoms with Crippen molar-refractivity contribution in [2.24, 2.45) is 0 Å². The van der Waals surface area contributed by atoms with Crippen molar-refractivity contribution >= 4 is 5.97 Å². The molecule has 0 radical (unpaired) electrons. The summed E-state index contributed by atoms with van der Waals surface area (Å²) in [7, 11) is 0. The van der Waals surface area contributed by atoms with Gasteiger partial charge in [0.05, 0.1) is 6.61 Å². The van der Waals surface area contributed by atoms with E-state index in [9.17, 15) is 9.90 Å². The summed E-state index contributed by atoms with van der Waals surface area (Å²) in [6, 6.07) is 6.90. The van der Waals surface area contributed by atoms with Crippen LogP contribution in [0, 0.1) is 0 Å². The quantitative estimate of drug-likeness (QED) is 0.347. The largest absolute Gasteiger partial charge is 0.504 e. The van der Waals surface area contributed by atoms with Crippen LogP contribution in [0.3, 0.4) is 0 Å². The van der Waals surface area contributed by atoms with E-state index < -0.39 is 0 Å². The molecule has 0 aromatic heterocycles. The number of carbonyl (C=O) groups excluding carboxylic acids is 1. The van der Waals surface area contributed by atoms with Gasteiger partial charge in [-0.05, 0) is 37.8 Å². The van der Waals surface area contributed by atoms with Gasteiger partial charge in [0.1, 0.15) is 6.10 Å². The smallest absolute Gasteiger partial charge is 0.330 e. The first-order chi connectivity index (χ1) is 11.2. The lowest BCUT2D eigenvalue weighted by Crippen LogP contribution is -2.18. The molecule has 1 N–H and O–H groups in total. The molecule has 0 bridgehead atoms. The van der Waals surface area contributed by atoms with Crippen LogP contribution < -0.4 is 4.74 Å². The van der Waals surface area contributed by atoms with Crippen molar-refractivity contribution in [1.29, 1.82) is 0 Å². The normalized spacial score (nSPS) is 11.7. The Labute approximate surface area is 139 Å². The molecule has 0 aliphatic heterocycles. The standard InChI is InChI=1S/C19H28O4/c1-3-5-6-7-11-16(23-19(21)4-2)12-10-15-22-18-14-9-8-13-17(18)20/h4,8-9,13-14,16,20H,2-3,5-7,10-12,15H2,1H3. The Hall–Kier alpha value is -1.97. The average Bonchev–Trinajstić information content (AvgIpc) is 2.56. The summed E-state index contributed by atoms with van der Waals surface area (Å²) in [5.41, 5.74) is 0. The number of unbranched alkanes of at least 4 members (excludes halogenated alkanes) is 3. The van der Waals surface area contributed by atoms with Gasteiger partial charge in [0.15, 0.2) is 11.5 Å². The van der Waals surface area contributed by atoms with Crippen molar-refractivity contribution in [2.45, 2.75) is 58.0 Å². The van der Waals surface area contributed by atoms with E-state index >= 15 is 0 Å². The lowest BCUT2D eigenvalue weighted by Gasteiger charge is -2.17. The fourth-order valence-electron chi connectivity index (χ4n) is 2.35. The number of esters is 1. The molecule has 0 aliphatic rings. The number of phenolic OH excluding ortho intramolecular Hbond substituents is 1. The third kappa shape index (κ3) is 8.29. The second-order valence-corrected chi connectivity index (χ2v) is 5.57. The third-order valence-electron chi connectivity index (χ3n) is 3.62. The topological polar surface area (TPSA) is 55.8 Å². The van der Waals surface area contributed by atoms with Gasteiger partial charge in [0.2, 0.25) is 0 Å². The van der Waals surface area contributed by atoms with Crippen molar-refractivity contribution in [2.75, 3.05) is 6.61 Å². The van der Waals surface area contributed by atoms with Gasteiger partial charge in [0.25, 0.3) is 0 Å². The van der Waals surface area contributed by atoms with E-state index in [0.717, 1.165) is 32.1 Å². The number of benzene rings is 1. The van der Waals surface area contributed by atoms with Crippen molar-refractivity contribution < 1.29 is 19.4 Å². The zero-order valence-corrected chi connectivity index (χ0v) is 14.0. The summed E-state index contributed by atoms with van der Waals surface area (Å²) in [4.78, 5) is 11.4. The molecule has 1 atom stereocenters. The van der Waals surface area contributed by atoms with Crippen molar-refractivity contribution in [3.63, 3.8) is 0 Å². The van der Waals surface area contributed by atoms with Crippen LogP contribution in [0.4, 0.5) is 0 Å². The molecule has 0 amide bonds. The summed E-state index contributed by atoms with van der Waals surface area (Å²) in [6.07, 6.45) is 8.11. The van der Waals surface area contributed by atoms with E-state index in [4.69, 9.17) is 9.47 Å². The molecule has 1 aromatic rings. The molecule has 1 rings (SSSR count). The van der Waals surface area contributed by atoms with Gasteiger partial charge in [-0.1, -0.05) is 44.9 Å². The fraction of sp³-hybridized carbons (Fsp3) is 0.526. The van der Waals surface area contributed by atoms with E-state index in [2.05, 4.69) is 13.5 Å². The predicted octanol–water partition coefficient (Wildman–Crippen LogP) is 4.62. The minimum atomic E-state index is -0.368. The highest BCUT2D eigenvalue weighted by molar-refractivity contribution is 5.81. The molecule has 1 unspecified atom stereocenters. The highest BCUT2D eigenvalue weighted by Gasteiger charge is 2.12. The summed E-state index contributed by atoms with van der Waals surface area (Å²) in [5, 5.41) is 9.63. The lowest BCUT2D eigenvalue weighted by atomic mass is 10.1. The summed E-state index contributed by atoms with van der Waals surface area (Å²) in [5.74, 6) is 0.254. The molecule has 0 aliphatic carbocycles. The van der Waals surface area contributed by atoms with Gasteiger partial charge >= 0.3 is 5.97 Å². The molecular formula is C19H28O4. The minimum Gasteiger partial charge on any atom is -0.504 e. The molecule has 4 heteroatoms. The van der Waals surface area contributed by atoms with Gasteiger partial charge < -0.3 is 14.6 Å². The van der Waals surface area contributed by atoms with Crippen LogP contribution in [0.25, 0.3) is 0 Å². The second-order valence-electron chi connectivity index (χ2n) is 5.57. The molecule has 0 fully saturated rings. The van der Waals surface area contributed by atoms with E-state index in [-0.39, 0.29) is 17.8 Å². The number of phenols is 1. The number of rotatable bonds is 12. The number of hydrogen-bond donors (Lipinski definition) is 1. The van der Waals surface area contributed by atoms with Crippen LogP contribution in [0.15, 0.2) is 36.9 Å². The van der Waals surface area contributed by atoms with Gasteiger partial charge in [-0.3, -0.25) is 0 Å². The monoisotopic (exact) mass is 320 g/mol. The fourth-order valence-corrected chi connectivity index (χ4v) is 2.35.